The third kappa shape index (κ3) is 1.97. The number of likely N-dealkylation sites (tertiary alicyclic amines) is 1. The fraction of sp³-hybridized carbons (Fsp3) is 0.750. The van der Waals surface area contributed by atoms with Gasteiger partial charge in [0.2, 0.25) is 0 Å². The highest BCUT2D eigenvalue weighted by molar-refractivity contribution is 7.09. The van der Waals surface area contributed by atoms with E-state index < -0.39 is 0 Å². The maximum Gasteiger partial charge on any atom is 0.132 e. The Hall–Kier alpha value is -0.680. The number of aromatic nitrogens is 2. The molecule has 1 aromatic rings. The first kappa shape index (κ1) is 8.90. The number of rotatable bonds is 2. The molecule has 0 aromatic carbocycles. The molecule has 0 aliphatic carbocycles. The molecule has 5 heteroatoms. The lowest BCUT2D eigenvalue weighted by molar-refractivity contribution is 0.317. The van der Waals surface area contributed by atoms with Gasteiger partial charge in [0.1, 0.15) is 10.7 Å². The maximum atomic E-state index is 5.72. The molecule has 0 amide bonds. The Morgan fingerprint density at radius 2 is 2.54 bits per heavy atom. The predicted molar refractivity (Wildman–Crippen MR) is 53.4 cm³/mol. The van der Waals surface area contributed by atoms with Crippen LogP contribution in [-0.4, -0.2) is 27.6 Å². The first-order valence-corrected chi connectivity index (χ1v) is 5.32. The van der Waals surface area contributed by atoms with Gasteiger partial charge in [-0.05, 0) is 18.9 Å². The molecular formula is C8H14N4S. The van der Waals surface area contributed by atoms with Crippen molar-refractivity contribution in [3.05, 3.63) is 5.69 Å². The van der Waals surface area contributed by atoms with Crippen molar-refractivity contribution in [2.45, 2.75) is 19.9 Å². The number of nitrogens with two attached hydrogens (primary N) is 1. The van der Waals surface area contributed by atoms with Crippen molar-refractivity contribution >= 4 is 16.5 Å². The number of hydrogen-bond donors (Lipinski definition) is 1. The van der Waals surface area contributed by atoms with Crippen LogP contribution < -0.4 is 5.73 Å². The Morgan fingerprint density at radius 1 is 1.69 bits per heavy atom. The number of anilines is 1. The van der Waals surface area contributed by atoms with Gasteiger partial charge in [0.15, 0.2) is 0 Å². The van der Waals surface area contributed by atoms with Crippen LogP contribution in [0.3, 0.4) is 0 Å². The van der Waals surface area contributed by atoms with E-state index in [4.69, 9.17) is 5.73 Å². The van der Waals surface area contributed by atoms with Gasteiger partial charge in [-0.25, -0.2) is 0 Å². The molecule has 0 radical (unpaired) electrons. The van der Waals surface area contributed by atoms with Crippen molar-refractivity contribution in [3.8, 4) is 0 Å². The van der Waals surface area contributed by atoms with Gasteiger partial charge >= 0.3 is 0 Å². The van der Waals surface area contributed by atoms with Crippen molar-refractivity contribution in [1.82, 2.24) is 14.5 Å². The van der Waals surface area contributed by atoms with Crippen molar-refractivity contribution < 1.29 is 0 Å². The van der Waals surface area contributed by atoms with Crippen LogP contribution in [0, 0.1) is 5.92 Å². The van der Waals surface area contributed by atoms with Crippen LogP contribution in [0.4, 0.5) is 5.00 Å². The van der Waals surface area contributed by atoms with Gasteiger partial charge < -0.3 is 5.73 Å². The van der Waals surface area contributed by atoms with E-state index in [1.54, 1.807) is 0 Å². The first-order chi connectivity index (χ1) is 6.25. The van der Waals surface area contributed by atoms with Gasteiger partial charge in [-0.3, -0.25) is 4.90 Å². The summed E-state index contributed by atoms with van der Waals surface area (Å²) in [6.07, 6.45) is 1.29. The molecule has 2 rings (SSSR count). The summed E-state index contributed by atoms with van der Waals surface area (Å²) in [5.41, 5.74) is 6.66. The third-order valence-electron chi connectivity index (χ3n) is 2.47. The topological polar surface area (TPSA) is 55.0 Å². The molecule has 1 aliphatic heterocycles. The van der Waals surface area contributed by atoms with Gasteiger partial charge in [0.05, 0.1) is 0 Å². The highest BCUT2D eigenvalue weighted by Gasteiger charge is 2.20. The Kier molecular flexibility index (Phi) is 2.46. The Labute approximate surface area is 81.9 Å². The summed E-state index contributed by atoms with van der Waals surface area (Å²) in [4.78, 5) is 2.39. The number of nitrogens with zero attached hydrogens (tertiary/aromatic N) is 3. The summed E-state index contributed by atoms with van der Waals surface area (Å²) in [5, 5.41) is 4.77. The summed E-state index contributed by atoms with van der Waals surface area (Å²) in [6, 6.07) is 0. The molecule has 0 saturated carbocycles. The van der Waals surface area contributed by atoms with E-state index in [1.807, 2.05) is 0 Å². The van der Waals surface area contributed by atoms with Crippen molar-refractivity contribution in [3.63, 3.8) is 0 Å². The molecule has 1 unspecified atom stereocenters. The van der Waals surface area contributed by atoms with Crippen LogP contribution in [0.25, 0.3) is 0 Å². The van der Waals surface area contributed by atoms with E-state index >= 15 is 0 Å². The molecule has 2 N–H and O–H groups in total. The smallest absolute Gasteiger partial charge is 0.132 e. The van der Waals surface area contributed by atoms with E-state index in [9.17, 15) is 0 Å². The minimum atomic E-state index is 0.763. The summed E-state index contributed by atoms with van der Waals surface area (Å²) >= 11 is 1.28. The molecule has 1 aromatic heterocycles. The number of nitrogen functional groups attached to an aromatic ring is 1. The van der Waals surface area contributed by atoms with E-state index in [0.717, 1.165) is 36.2 Å². The van der Waals surface area contributed by atoms with Gasteiger partial charge in [0.25, 0.3) is 0 Å². The van der Waals surface area contributed by atoms with Crippen LogP contribution in [0.5, 0.6) is 0 Å². The average molecular weight is 198 g/mol. The Bertz CT molecular complexity index is 285. The fourth-order valence-electron chi connectivity index (χ4n) is 1.71. The van der Waals surface area contributed by atoms with Gasteiger partial charge in [-0.2, -0.15) is 0 Å². The molecule has 0 spiro atoms. The largest absolute Gasteiger partial charge is 0.388 e. The van der Waals surface area contributed by atoms with E-state index in [-0.39, 0.29) is 0 Å². The van der Waals surface area contributed by atoms with Crippen molar-refractivity contribution in [2.75, 3.05) is 18.8 Å². The zero-order valence-corrected chi connectivity index (χ0v) is 8.55. The quantitative estimate of drug-likeness (QED) is 0.769. The highest BCUT2D eigenvalue weighted by Crippen LogP contribution is 2.20. The van der Waals surface area contributed by atoms with E-state index in [2.05, 4.69) is 21.4 Å². The molecule has 1 fully saturated rings. The Balaban J connectivity index is 1.95. The van der Waals surface area contributed by atoms with Gasteiger partial charge in [-0.15, -0.1) is 5.10 Å². The number of hydrogen-bond acceptors (Lipinski definition) is 5. The van der Waals surface area contributed by atoms with Crippen LogP contribution in [0.1, 0.15) is 19.0 Å². The highest BCUT2D eigenvalue weighted by atomic mass is 32.1. The molecule has 0 bridgehead atoms. The second-order valence-corrected chi connectivity index (χ2v) is 4.50. The van der Waals surface area contributed by atoms with Gasteiger partial charge in [-0.1, -0.05) is 11.4 Å². The lowest BCUT2D eigenvalue weighted by atomic mass is 10.2. The summed E-state index contributed by atoms with van der Waals surface area (Å²) in [6.45, 7) is 5.48. The minimum Gasteiger partial charge on any atom is -0.388 e. The normalized spacial score (nSPS) is 23.9. The summed E-state index contributed by atoms with van der Waals surface area (Å²) < 4.78 is 3.82. The van der Waals surface area contributed by atoms with Crippen molar-refractivity contribution in [1.29, 1.82) is 0 Å². The van der Waals surface area contributed by atoms with Crippen LogP contribution >= 0.6 is 11.5 Å². The monoisotopic (exact) mass is 198 g/mol. The molecule has 1 atom stereocenters. The average Bonchev–Trinajstić information content (AvgIpc) is 2.64. The molecule has 2 heterocycles. The standard InChI is InChI=1S/C8H14N4S/c1-6-2-3-12(4-6)5-7-8(9)13-11-10-7/h6H,2-5,9H2,1H3. The van der Waals surface area contributed by atoms with Crippen LogP contribution in [0.15, 0.2) is 0 Å². The van der Waals surface area contributed by atoms with E-state index in [1.165, 1.54) is 18.0 Å². The van der Waals surface area contributed by atoms with Gasteiger partial charge in [0, 0.05) is 24.6 Å². The van der Waals surface area contributed by atoms with Crippen LogP contribution in [0.2, 0.25) is 0 Å². The molecule has 1 saturated heterocycles. The second kappa shape index (κ2) is 3.59. The molecule has 4 nitrogen and oxygen atoms in total. The minimum absolute atomic E-state index is 0.763. The first-order valence-electron chi connectivity index (χ1n) is 4.55. The zero-order valence-electron chi connectivity index (χ0n) is 7.73. The zero-order chi connectivity index (χ0) is 9.26. The molecule has 13 heavy (non-hydrogen) atoms. The Morgan fingerprint density at radius 3 is 3.08 bits per heavy atom. The predicted octanol–water partition coefficient (Wildman–Crippen LogP) is 0.962. The molecule has 72 valence electrons. The maximum absolute atomic E-state index is 5.72. The molecular weight excluding hydrogens is 184 g/mol. The second-order valence-electron chi connectivity index (χ2n) is 3.71. The molecule has 1 aliphatic rings. The summed E-state index contributed by atoms with van der Waals surface area (Å²) in [7, 11) is 0. The SMILES string of the molecule is CC1CCN(Cc2nnsc2N)C1. The van der Waals surface area contributed by atoms with Crippen LogP contribution in [-0.2, 0) is 6.54 Å². The van der Waals surface area contributed by atoms with E-state index in [0.29, 0.717) is 0 Å². The fourth-order valence-corrected chi connectivity index (χ4v) is 2.15. The summed E-state index contributed by atoms with van der Waals surface area (Å²) in [5.74, 6) is 0.813. The lowest BCUT2D eigenvalue weighted by Gasteiger charge is -2.12. The van der Waals surface area contributed by atoms with Crippen molar-refractivity contribution in [2.24, 2.45) is 5.92 Å². The lowest BCUT2D eigenvalue weighted by Crippen LogP contribution is -2.20. The third-order valence-corrected chi connectivity index (χ3v) is 3.06.